The summed E-state index contributed by atoms with van der Waals surface area (Å²) in [5.74, 6) is -0.327. The Morgan fingerprint density at radius 3 is 2.40 bits per heavy atom. The van der Waals surface area contributed by atoms with E-state index in [9.17, 15) is 13.2 Å². The summed E-state index contributed by atoms with van der Waals surface area (Å²) >= 11 is 1.60. The van der Waals surface area contributed by atoms with Crippen molar-refractivity contribution in [2.75, 3.05) is 18.4 Å². The molecule has 1 aliphatic rings. The fourth-order valence-corrected chi connectivity index (χ4v) is 5.99. The Morgan fingerprint density at radius 2 is 1.67 bits per heavy atom. The average molecular weight is 441 g/mol. The zero-order chi connectivity index (χ0) is 21.0. The summed E-state index contributed by atoms with van der Waals surface area (Å²) in [5, 5.41) is 4.93. The molecule has 1 saturated heterocycles. The van der Waals surface area contributed by atoms with Gasteiger partial charge in [-0.2, -0.15) is 4.31 Å². The van der Waals surface area contributed by atoms with Crippen molar-refractivity contribution < 1.29 is 13.2 Å². The first-order chi connectivity index (χ1) is 14.6. The second-order valence-electron chi connectivity index (χ2n) is 7.32. The Bertz CT molecular complexity index is 1120. The number of carbonyl (C=O) groups is 1. The fraction of sp³-hybridized carbons (Fsp3) is 0.261. The first-order valence-electron chi connectivity index (χ1n) is 10.1. The van der Waals surface area contributed by atoms with Gasteiger partial charge in [0.2, 0.25) is 10.0 Å². The largest absolute Gasteiger partial charge is 0.321 e. The number of rotatable bonds is 5. The molecule has 2 heterocycles. The Kier molecular flexibility index (Phi) is 6.32. The van der Waals surface area contributed by atoms with Crippen molar-refractivity contribution in [2.45, 2.75) is 30.6 Å². The molecule has 1 N–H and O–H groups in total. The van der Waals surface area contributed by atoms with Gasteiger partial charge >= 0.3 is 0 Å². The smallest absolute Gasteiger partial charge is 0.255 e. The van der Waals surface area contributed by atoms with Crippen LogP contribution in [0.4, 0.5) is 5.69 Å². The highest BCUT2D eigenvalue weighted by molar-refractivity contribution is 7.89. The second kappa shape index (κ2) is 9.12. The topological polar surface area (TPSA) is 66.5 Å². The first kappa shape index (κ1) is 20.8. The molecule has 0 saturated carbocycles. The minimum atomic E-state index is -3.60. The van der Waals surface area contributed by atoms with Gasteiger partial charge < -0.3 is 5.32 Å². The van der Waals surface area contributed by atoms with E-state index in [-0.39, 0.29) is 10.8 Å². The van der Waals surface area contributed by atoms with Crippen LogP contribution in [-0.2, 0) is 10.0 Å². The number of anilines is 1. The van der Waals surface area contributed by atoms with E-state index >= 15 is 0 Å². The summed E-state index contributed by atoms with van der Waals surface area (Å²) < 4.78 is 27.7. The molecule has 0 unspecified atom stereocenters. The third-order valence-electron chi connectivity index (χ3n) is 5.26. The molecular formula is C23H24N2O3S2. The van der Waals surface area contributed by atoms with Gasteiger partial charge in [-0.15, -0.1) is 11.3 Å². The number of para-hydroxylation sites is 1. The maximum Gasteiger partial charge on any atom is 0.255 e. The van der Waals surface area contributed by atoms with Crippen LogP contribution in [0.15, 0.2) is 70.9 Å². The van der Waals surface area contributed by atoms with Crippen LogP contribution < -0.4 is 5.32 Å². The molecule has 1 fully saturated rings. The minimum absolute atomic E-state index is 0.170. The van der Waals surface area contributed by atoms with Gasteiger partial charge in [0, 0.05) is 34.8 Å². The number of carbonyl (C=O) groups excluding carboxylic acids is 1. The number of nitrogens with one attached hydrogen (secondary N) is 1. The molecular weight excluding hydrogens is 416 g/mol. The molecule has 1 aliphatic heterocycles. The van der Waals surface area contributed by atoms with Crippen molar-refractivity contribution in [1.29, 1.82) is 0 Å². The number of thiophene rings is 1. The van der Waals surface area contributed by atoms with E-state index in [4.69, 9.17) is 0 Å². The Hall–Kier alpha value is -2.48. The molecule has 156 valence electrons. The van der Waals surface area contributed by atoms with Gasteiger partial charge in [-0.3, -0.25) is 4.79 Å². The summed E-state index contributed by atoms with van der Waals surface area (Å²) in [5.41, 5.74) is 1.96. The highest BCUT2D eigenvalue weighted by Gasteiger charge is 2.26. The van der Waals surface area contributed by atoms with Crippen LogP contribution >= 0.6 is 11.3 Å². The first-order valence-corrected chi connectivity index (χ1v) is 12.4. The van der Waals surface area contributed by atoms with Crippen molar-refractivity contribution in [3.63, 3.8) is 0 Å². The van der Waals surface area contributed by atoms with E-state index in [1.54, 1.807) is 33.8 Å². The molecule has 0 spiro atoms. The summed E-state index contributed by atoms with van der Waals surface area (Å²) in [6.07, 6.45) is 3.86. The summed E-state index contributed by atoms with van der Waals surface area (Å²) in [6.45, 7) is 1.07. The van der Waals surface area contributed by atoms with Crippen LogP contribution in [0.2, 0.25) is 0 Å². The molecule has 30 heavy (non-hydrogen) atoms. The van der Waals surface area contributed by atoms with Crippen molar-refractivity contribution in [3.05, 3.63) is 71.6 Å². The quantitative estimate of drug-likeness (QED) is 0.591. The molecule has 1 aromatic heterocycles. The van der Waals surface area contributed by atoms with E-state index in [1.807, 2.05) is 41.8 Å². The molecule has 0 radical (unpaired) electrons. The van der Waals surface area contributed by atoms with Gasteiger partial charge in [-0.25, -0.2) is 8.42 Å². The minimum Gasteiger partial charge on any atom is -0.321 e. The summed E-state index contributed by atoms with van der Waals surface area (Å²) in [4.78, 5) is 14.2. The molecule has 4 rings (SSSR count). The number of hydrogen-bond acceptors (Lipinski definition) is 4. The lowest BCUT2D eigenvalue weighted by atomic mass is 10.1. The lowest BCUT2D eigenvalue weighted by molar-refractivity contribution is 0.102. The predicted octanol–water partition coefficient (Wildman–Crippen LogP) is 5.23. The lowest BCUT2D eigenvalue weighted by Crippen LogP contribution is -2.32. The van der Waals surface area contributed by atoms with Crippen LogP contribution in [0.25, 0.3) is 10.4 Å². The fourth-order valence-electron chi connectivity index (χ4n) is 3.66. The highest BCUT2D eigenvalue weighted by Crippen LogP contribution is 2.31. The van der Waals surface area contributed by atoms with Crippen LogP contribution in [0.5, 0.6) is 0 Å². The van der Waals surface area contributed by atoms with Crippen LogP contribution in [0.1, 0.15) is 36.0 Å². The Balaban J connectivity index is 1.58. The molecule has 2 aromatic carbocycles. The van der Waals surface area contributed by atoms with Gasteiger partial charge in [0.25, 0.3) is 5.91 Å². The van der Waals surface area contributed by atoms with E-state index in [1.165, 1.54) is 6.07 Å². The van der Waals surface area contributed by atoms with Crippen LogP contribution in [-0.4, -0.2) is 31.7 Å². The molecule has 0 aliphatic carbocycles. The number of amides is 1. The molecule has 1 amide bonds. The number of hydrogen-bond donors (Lipinski definition) is 1. The maximum absolute atomic E-state index is 13.1. The number of benzene rings is 2. The van der Waals surface area contributed by atoms with Crippen molar-refractivity contribution >= 4 is 33.0 Å². The Labute approximate surface area is 181 Å². The van der Waals surface area contributed by atoms with Crippen molar-refractivity contribution in [1.82, 2.24) is 4.31 Å². The van der Waals surface area contributed by atoms with E-state index < -0.39 is 10.0 Å². The summed E-state index contributed by atoms with van der Waals surface area (Å²) in [7, 11) is -3.60. The van der Waals surface area contributed by atoms with E-state index in [0.717, 1.165) is 36.1 Å². The molecule has 0 atom stereocenters. The SMILES string of the molecule is O=C(Nc1ccccc1-c1cccs1)c1cccc(S(=O)(=O)N2CCCCCC2)c1. The molecule has 3 aromatic rings. The average Bonchev–Trinajstić information content (AvgIpc) is 3.15. The molecule has 7 heteroatoms. The lowest BCUT2D eigenvalue weighted by Gasteiger charge is -2.20. The normalized spacial score (nSPS) is 15.5. The van der Waals surface area contributed by atoms with Gasteiger partial charge in [-0.1, -0.05) is 43.2 Å². The van der Waals surface area contributed by atoms with Crippen LogP contribution in [0.3, 0.4) is 0 Å². The van der Waals surface area contributed by atoms with Gasteiger partial charge in [0.1, 0.15) is 0 Å². The van der Waals surface area contributed by atoms with Crippen molar-refractivity contribution in [2.24, 2.45) is 0 Å². The third kappa shape index (κ3) is 4.48. The standard InChI is InChI=1S/C23H24N2O3S2/c26-23(24-21-12-4-3-11-20(21)22-13-8-16-29-22)18-9-7-10-19(17-18)30(27,28)25-14-5-1-2-6-15-25/h3-4,7-13,16-17H,1-2,5-6,14-15H2,(H,24,26). The monoisotopic (exact) mass is 440 g/mol. The van der Waals surface area contributed by atoms with E-state index in [2.05, 4.69) is 5.32 Å². The van der Waals surface area contributed by atoms with E-state index in [0.29, 0.717) is 24.3 Å². The molecule has 5 nitrogen and oxygen atoms in total. The van der Waals surface area contributed by atoms with Gasteiger partial charge in [0.15, 0.2) is 0 Å². The third-order valence-corrected chi connectivity index (χ3v) is 8.06. The Morgan fingerprint density at radius 1 is 0.900 bits per heavy atom. The zero-order valence-corrected chi connectivity index (χ0v) is 18.2. The van der Waals surface area contributed by atoms with Gasteiger partial charge in [-0.05, 0) is 48.6 Å². The van der Waals surface area contributed by atoms with Gasteiger partial charge in [0.05, 0.1) is 4.90 Å². The highest BCUT2D eigenvalue weighted by atomic mass is 32.2. The van der Waals surface area contributed by atoms with Crippen LogP contribution in [0, 0.1) is 0 Å². The zero-order valence-electron chi connectivity index (χ0n) is 16.6. The number of nitrogens with zero attached hydrogens (tertiary/aromatic N) is 1. The molecule has 0 bridgehead atoms. The number of sulfonamides is 1. The predicted molar refractivity (Wildman–Crippen MR) is 121 cm³/mol. The summed E-state index contributed by atoms with van der Waals surface area (Å²) in [6, 6.07) is 17.9. The van der Waals surface area contributed by atoms with Crippen molar-refractivity contribution in [3.8, 4) is 10.4 Å². The maximum atomic E-state index is 13.1. The second-order valence-corrected chi connectivity index (χ2v) is 10.2.